The summed E-state index contributed by atoms with van der Waals surface area (Å²) in [6.45, 7) is 0.428. The second-order valence-corrected chi connectivity index (χ2v) is 5.94. The highest BCUT2D eigenvalue weighted by Gasteiger charge is 2.13. The van der Waals surface area contributed by atoms with E-state index in [1.807, 2.05) is 12.1 Å². The fraction of sp³-hybridized carbons (Fsp3) is 0.154. The maximum Gasteiger partial charge on any atom is 0.240 e. The van der Waals surface area contributed by atoms with Gasteiger partial charge in [0.25, 0.3) is 0 Å². The van der Waals surface area contributed by atoms with Crippen LogP contribution >= 0.6 is 0 Å². The maximum atomic E-state index is 13.9. The third-order valence-electron chi connectivity index (χ3n) is 2.75. The summed E-state index contributed by atoms with van der Waals surface area (Å²) in [6, 6.07) is 7.36. The average Bonchev–Trinajstić information content (AvgIpc) is 2.47. The van der Waals surface area contributed by atoms with E-state index < -0.39 is 15.8 Å². The van der Waals surface area contributed by atoms with Crippen LogP contribution in [0.3, 0.4) is 0 Å². The van der Waals surface area contributed by atoms with Crippen molar-refractivity contribution in [2.75, 3.05) is 12.4 Å². The van der Waals surface area contributed by atoms with Crippen LogP contribution in [0.25, 0.3) is 0 Å². The summed E-state index contributed by atoms with van der Waals surface area (Å²) < 4.78 is 39.1. The molecule has 20 heavy (non-hydrogen) atoms. The SMILES string of the molecule is CNS(=O)(=O)c1ccc(NCc2ccncc2)c(F)c1. The van der Waals surface area contributed by atoms with Gasteiger partial charge in [-0.3, -0.25) is 4.98 Å². The number of pyridine rings is 1. The predicted molar refractivity (Wildman–Crippen MR) is 74.2 cm³/mol. The zero-order valence-electron chi connectivity index (χ0n) is 10.8. The summed E-state index contributed by atoms with van der Waals surface area (Å²) in [7, 11) is -2.35. The molecule has 0 saturated carbocycles. The van der Waals surface area contributed by atoms with E-state index in [-0.39, 0.29) is 10.6 Å². The molecule has 1 heterocycles. The van der Waals surface area contributed by atoms with Gasteiger partial charge < -0.3 is 5.32 Å². The van der Waals surface area contributed by atoms with Gasteiger partial charge in [0.2, 0.25) is 10.0 Å². The van der Waals surface area contributed by atoms with E-state index in [0.29, 0.717) is 6.54 Å². The number of rotatable bonds is 5. The van der Waals surface area contributed by atoms with Gasteiger partial charge in [0.1, 0.15) is 5.82 Å². The van der Waals surface area contributed by atoms with Gasteiger partial charge in [-0.2, -0.15) is 0 Å². The largest absolute Gasteiger partial charge is 0.379 e. The number of nitrogens with one attached hydrogen (secondary N) is 2. The Morgan fingerprint density at radius 1 is 1.20 bits per heavy atom. The van der Waals surface area contributed by atoms with Crippen molar-refractivity contribution in [2.45, 2.75) is 11.4 Å². The van der Waals surface area contributed by atoms with Crippen LogP contribution in [0, 0.1) is 5.82 Å². The molecule has 1 aromatic carbocycles. The molecule has 0 spiro atoms. The Kier molecular flexibility index (Phi) is 4.31. The number of benzene rings is 1. The lowest BCUT2D eigenvalue weighted by atomic mass is 10.2. The normalized spacial score (nSPS) is 11.3. The minimum atomic E-state index is -3.63. The predicted octanol–water partition coefficient (Wildman–Crippen LogP) is 1.74. The van der Waals surface area contributed by atoms with E-state index in [1.165, 1.54) is 19.2 Å². The Hall–Kier alpha value is -1.99. The van der Waals surface area contributed by atoms with Crippen LogP contribution in [0.5, 0.6) is 0 Å². The molecule has 7 heteroatoms. The Morgan fingerprint density at radius 3 is 2.50 bits per heavy atom. The zero-order valence-corrected chi connectivity index (χ0v) is 11.6. The number of aromatic nitrogens is 1. The molecule has 0 saturated heterocycles. The molecule has 106 valence electrons. The van der Waals surface area contributed by atoms with Crippen molar-refractivity contribution in [2.24, 2.45) is 0 Å². The molecule has 0 atom stereocenters. The summed E-state index contributed by atoms with van der Waals surface area (Å²) in [4.78, 5) is 3.79. The molecule has 2 N–H and O–H groups in total. The minimum Gasteiger partial charge on any atom is -0.379 e. The first-order valence-corrected chi connectivity index (χ1v) is 7.37. The van der Waals surface area contributed by atoms with Gasteiger partial charge in [-0.25, -0.2) is 17.5 Å². The van der Waals surface area contributed by atoms with Crippen LogP contribution in [0.1, 0.15) is 5.56 Å². The molecule has 0 aliphatic rings. The number of sulfonamides is 1. The van der Waals surface area contributed by atoms with Crippen molar-refractivity contribution in [3.63, 3.8) is 0 Å². The molecule has 5 nitrogen and oxygen atoms in total. The lowest BCUT2D eigenvalue weighted by Crippen LogP contribution is -2.18. The molecule has 0 fully saturated rings. The summed E-state index contributed by atoms with van der Waals surface area (Å²) in [5, 5.41) is 2.91. The molecule has 0 unspecified atom stereocenters. The zero-order chi connectivity index (χ0) is 14.6. The number of halogens is 1. The molecule has 0 bridgehead atoms. The third-order valence-corrected chi connectivity index (χ3v) is 4.16. The van der Waals surface area contributed by atoms with Gasteiger partial charge in [0.05, 0.1) is 10.6 Å². The van der Waals surface area contributed by atoms with Gasteiger partial charge in [0, 0.05) is 18.9 Å². The minimum absolute atomic E-state index is 0.105. The van der Waals surface area contributed by atoms with Gasteiger partial charge in [-0.15, -0.1) is 0 Å². The van der Waals surface area contributed by atoms with Crippen molar-refractivity contribution >= 4 is 15.7 Å². The summed E-state index contributed by atoms with van der Waals surface area (Å²) in [5.41, 5.74) is 1.20. The fourth-order valence-corrected chi connectivity index (χ4v) is 2.36. The van der Waals surface area contributed by atoms with Crippen molar-refractivity contribution in [3.8, 4) is 0 Å². The number of nitrogens with zero attached hydrogens (tertiary/aromatic N) is 1. The molecular weight excluding hydrogens is 281 g/mol. The summed E-state index contributed by atoms with van der Waals surface area (Å²) in [6.07, 6.45) is 3.30. The lowest BCUT2D eigenvalue weighted by molar-refractivity contribution is 0.584. The molecular formula is C13H14FN3O2S. The topological polar surface area (TPSA) is 71.1 Å². The molecule has 0 aliphatic heterocycles. The highest BCUT2D eigenvalue weighted by molar-refractivity contribution is 7.89. The van der Waals surface area contributed by atoms with E-state index in [1.54, 1.807) is 12.4 Å². The smallest absolute Gasteiger partial charge is 0.240 e. The fourth-order valence-electron chi connectivity index (χ4n) is 1.62. The van der Waals surface area contributed by atoms with Crippen LogP contribution in [-0.4, -0.2) is 20.4 Å². The van der Waals surface area contributed by atoms with Crippen LogP contribution in [0.15, 0.2) is 47.6 Å². The summed E-state index contributed by atoms with van der Waals surface area (Å²) in [5.74, 6) is -0.615. The van der Waals surface area contributed by atoms with E-state index in [4.69, 9.17) is 0 Å². The number of hydrogen-bond acceptors (Lipinski definition) is 4. The second-order valence-electron chi connectivity index (χ2n) is 4.06. The first-order chi connectivity index (χ1) is 9.53. The molecule has 0 aliphatic carbocycles. The molecule has 2 aromatic rings. The van der Waals surface area contributed by atoms with Crippen molar-refractivity contribution in [1.29, 1.82) is 0 Å². The standard InChI is InChI=1S/C13H14FN3O2S/c1-15-20(18,19)11-2-3-13(12(14)8-11)17-9-10-4-6-16-7-5-10/h2-8,15,17H,9H2,1H3. The van der Waals surface area contributed by atoms with Crippen LogP contribution in [-0.2, 0) is 16.6 Å². The Balaban J connectivity index is 2.15. The quantitative estimate of drug-likeness (QED) is 0.881. The third kappa shape index (κ3) is 3.31. The van der Waals surface area contributed by atoms with E-state index in [2.05, 4.69) is 15.0 Å². The monoisotopic (exact) mass is 295 g/mol. The molecule has 0 amide bonds. The Labute approximate surface area is 116 Å². The van der Waals surface area contributed by atoms with Gasteiger partial charge in [0.15, 0.2) is 0 Å². The lowest BCUT2D eigenvalue weighted by Gasteiger charge is -2.09. The number of anilines is 1. The molecule has 1 aromatic heterocycles. The number of hydrogen-bond donors (Lipinski definition) is 2. The van der Waals surface area contributed by atoms with Gasteiger partial charge in [-0.1, -0.05) is 0 Å². The van der Waals surface area contributed by atoms with Crippen LogP contribution < -0.4 is 10.0 Å². The first-order valence-electron chi connectivity index (χ1n) is 5.89. The van der Waals surface area contributed by atoms with Crippen molar-refractivity contribution in [1.82, 2.24) is 9.71 Å². The van der Waals surface area contributed by atoms with Crippen LogP contribution in [0.4, 0.5) is 10.1 Å². The van der Waals surface area contributed by atoms with E-state index >= 15 is 0 Å². The van der Waals surface area contributed by atoms with Crippen molar-refractivity contribution in [3.05, 3.63) is 54.1 Å². The van der Waals surface area contributed by atoms with E-state index in [0.717, 1.165) is 11.6 Å². The first kappa shape index (κ1) is 14.4. The molecule has 0 radical (unpaired) electrons. The van der Waals surface area contributed by atoms with Gasteiger partial charge in [-0.05, 0) is 42.9 Å². The highest BCUT2D eigenvalue weighted by Crippen LogP contribution is 2.19. The second kappa shape index (κ2) is 5.98. The highest BCUT2D eigenvalue weighted by atomic mass is 32.2. The average molecular weight is 295 g/mol. The Bertz CT molecular complexity index is 690. The van der Waals surface area contributed by atoms with Crippen LogP contribution in [0.2, 0.25) is 0 Å². The van der Waals surface area contributed by atoms with Crippen molar-refractivity contribution < 1.29 is 12.8 Å². The Morgan fingerprint density at radius 2 is 1.90 bits per heavy atom. The summed E-state index contributed by atoms with van der Waals surface area (Å²) >= 11 is 0. The van der Waals surface area contributed by atoms with Gasteiger partial charge >= 0.3 is 0 Å². The maximum absolute atomic E-state index is 13.9. The molecule has 2 rings (SSSR count). The van der Waals surface area contributed by atoms with E-state index in [9.17, 15) is 12.8 Å².